The molecule has 3 nitrogen and oxygen atoms in total. The molecule has 0 fully saturated rings. The Bertz CT molecular complexity index is 735. The van der Waals surface area contributed by atoms with Crippen molar-refractivity contribution in [3.63, 3.8) is 0 Å². The maximum absolute atomic E-state index is 5.79. The Morgan fingerprint density at radius 2 is 1.81 bits per heavy atom. The first-order chi connectivity index (χ1) is 10.3. The number of nitrogens with one attached hydrogen (secondary N) is 1. The van der Waals surface area contributed by atoms with Crippen LogP contribution in [0.5, 0.6) is 0 Å². The lowest BCUT2D eigenvalue weighted by Gasteiger charge is -2.18. The maximum atomic E-state index is 5.79. The van der Waals surface area contributed by atoms with Crippen LogP contribution in [0.25, 0.3) is 10.8 Å². The number of nitrogens with two attached hydrogens (primary N) is 1. The maximum Gasteiger partial charge on any atom is 0.0521 e. The lowest BCUT2D eigenvalue weighted by molar-refractivity contribution is 0.554. The van der Waals surface area contributed by atoms with Gasteiger partial charge in [-0.3, -0.25) is 16.3 Å². The van der Waals surface area contributed by atoms with Crippen molar-refractivity contribution in [1.82, 2.24) is 10.4 Å². The van der Waals surface area contributed by atoms with Gasteiger partial charge in [0.15, 0.2) is 0 Å². The zero-order valence-electron chi connectivity index (χ0n) is 11.5. The molecule has 0 aliphatic heterocycles. The topological polar surface area (TPSA) is 50.9 Å². The van der Waals surface area contributed by atoms with E-state index in [1.165, 1.54) is 10.9 Å². The van der Waals surface area contributed by atoms with E-state index in [-0.39, 0.29) is 6.04 Å². The summed E-state index contributed by atoms with van der Waals surface area (Å²) in [5.74, 6) is 5.79. The highest BCUT2D eigenvalue weighted by molar-refractivity contribution is 9.10. The van der Waals surface area contributed by atoms with Gasteiger partial charge in [-0.25, -0.2) is 0 Å². The minimum atomic E-state index is 0.0322. The lowest BCUT2D eigenvalue weighted by Crippen LogP contribution is -2.29. The van der Waals surface area contributed by atoms with Crippen LogP contribution in [0.4, 0.5) is 0 Å². The van der Waals surface area contributed by atoms with Crippen LogP contribution >= 0.6 is 15.9 Å². The molecule has 3 aromatic rings. The first kappa shape index (κ1) is 14.2. The molecule has 4 heteroatoms. The van der Waals surface area contributed by atoms with E-state index in [1.807, 2.05) is 36.7 Å². The van der Waals surface area contributed by atoms with Crippen LogP contribution in [0.3, 0.4) is 0 Å². The molecule has 0 amide bonds. The van der Waals surface area contributed by atoms with Crippen LogP contribution in [-0.4, -0.2) is 4.98 Å². The zero-order chi connectivity index (χ0) is 14.7. The van der Waals surface area contributed by atoms with Gasteiger partial charge in [-0.2, -0.15) is 0 Å². The Kier molecular flexibility index (Phi) is 4.29. The molecule has 0 spiro atoms. The van der Waals surface area contributed by atoms with Gasteiger partial charge in [-0.1, -0.05) is 52.3 Å². The van der Waals surface area contributed by atoms with Crippen molar-refractivity contribution in [2.45, 2.75) is 12.5 Å². The minimum Gasteiger partial charge on any atom is -0.271 e. The first-order valence-corrected chi connectivity index (χ1v) is 7.60. The molecule has 1 heterocycles. The van der Waals surface area contributed by atoms with Crippen molar-refractivity contribution in [2.24, 2.45) is 5.84 Å². The fourth-order valence-corrected chi connectivity index (χ4v) is 2.80. The average Bonchev–Trinajstić information content (AvgIpc) is 2.54. The molecule has 0 saturated carbocycles. The van der Waals surface area contributed by atoms with E-state index in [0.29, 0.717) is 0 Å². The van der Waals surface area contributed by atoms with Gasteiger partial charge < -0.3 is 0 Å². The van der Waals surface area contributed by atoms with Crippen molar-refractivity contribution in [3.8, 4) is 0 Å². The second-order valence-electron chi connectivity index (χ2n) is 5.00. The Balaban J connectivity index is 1.96. The average molecular weight is 342 g/mol. The highest BCUT2D eigenvalue weighted by Gasteiger charge is 2.14. The fourth-order valence-electron chi connectivity index (χ4n) is 2.53. The number of hydrazine groups is 1. The van der Waals surface area contributed by atoms with Gasteiger partial charge in [0, 0.05) is 22.3 Å². The summed E-state index contributed by atoms with van der Waals surface area (Å²) in [4.78, 5) is 4.33. The molecular formula is C17H16BrN3. The number of halogens is 1. The Hall–Kier alpha value is -1.75. The van der Waals surface area contributed by atoms with Gasteiger partial charge in [-0.15, -0.1) is 0 Å². The summed E-state index contributed by atoms with van der Waals surface area (Å²) in [6, 6.07) is 16.6. The minimum absolute atomic E-state index is 0.0322. The highest BCUT2D eigenvalue weighted by atomic mass is 79.9. The summed E-state index contributed by atoms with van der Waals surface area (Å²) in [6.45, 7) is 0. The molecule has 3 N–H and O–H groups in total. The molecule has 3 rings (SSSR count). The van der Waals surface area contributed by atoms with Crippen molar-refractivity contribution < 1.29 is 0 Å². The summed E-state index contributed by atoms with van der Waals surface area (Å²) in [6.07, 6.45) is 4.59. The number of aromatic nitrogens is 1. The van der Waals surface area contributed by atoms with Crippen LogP contribution in [0, 0.1) is 0 Å². The van der Waals surface area contributed by atoms with E-state index in [2.05, 4.69) is 50.6 Å². The largest absolute Gasteiger partial charge is 0.271 e. The third kappa shape index (κ3) is 3.13. The molecule has 0 radical (unpaired) electrons. The van der Waals surface area contributed by atoms with E-state index in [9.17, 15) is 0 Å². The van der Waals surface area contributed by atoms with Gasteiger partial charge in [0.1, 0.15) is 0 Å². The molecule has 2 aromatic carbocycles. The Morgan fingerprint density at radius 3 is 2.57 bits per heavy atom. The smallest absolute Gasteiger partial charge is 0.0521 e. The van der Waals surface area contributed by atoms with Gasteiger partial charge in [0.2, 0.25) is 0 Å². The molecule has 1 unspecified atom stereocenters. The SMILES string of the molecule is NNC(Cc1ccc(Br)cc1)c1cncc2ccccc12. The number of hydrogen-bond acceptors (Lipinski definition) is 3. The van der Waals surface area contributed by atoms with Crippen molar-refractivity contribution in [2.75, 3.05) is 0 Å². The van der Waals surface area contributed by atoms with Crippen molar-refractivity contribution >= 4 is 26.7 Å². The second kappa shape index (κ2) is 6.35. The van der Waals surface area contributed by atoms with Gasteiger partial charge in [-0.05, 0) is 35.1 Å². The summed E-state index contributed by atoms with van der Waals surface area (Å²) >= 11 is 3.46. The predicted molar refractivity (Wildman–Crippen MR) is 89.7 cm³/mol. The van der Waals surface area contributed by atoms with Crippen LogP contribution < -0.4 is 11.3 Å². The van der Waals surface area contributed by atoms with E-state index in [0.717, 1.165) is 21.8 Å². The number of rotatable bonds is 4. The van der Waals surface area contributed by atoms with Crippen LogP contribution in [0.1, 0.15) is 17.2 Å². The van der Waals surface area contributed by atoms with Crippen LogP contribution in [-0.2, 0) is 6.42 Å². The quantitative estimate of drug-likeness (QED) is 0.561. The Morgan fingerprint density at radius 1 is 1.05 bits per heavy atom. The number of benzene rings is 2. The number of pyridine rings is 1. The molecule has 0 bridgehead atoms. The molecule has 1 atom stereocenters. The van der Waals surface area contributed by atoms with Gasteiger partial charge in [0.05, 0.1) is 6.04 Å². The molecule has 21 heavy (non-hydrogen) atoms. The van der Waals surface area contributed by atoms with E-state index in [4.69, 9.17) is 5.84 Å². The highest BCUT2D eigenvalue weighted by Crippen LogP contribution is 2.25. The van der Waals surface area contributed by atoms with Crippen LogP contribution in [0.15, 0.2) is 65.4 Å². The third-order valence-corrected chi connectivity index (χ3v) is 4.16. The number of nitrogens with zero attached hydrogens (tertiary/aromatic N) is 1. The second-order valence-corrected chi connectivity index (χ2v) is 5.92. The summed E-state index contributed by atoms with van der Waals surface area (Å²) < 4.78 is 1.08. The molecule has 106 valence electrons. The molecule has 1 aromatic heterocycles. The fraction of sp³-hybridized carbons (Fsp3) is 0.118. The lowest BCUT2D eigenvalue weighted by atomic mass is 9.96. The molecule has 0 aliphatic carbocycles. The molecule has 0 aliphatic rings. The summed E-state index contributed by atoms with van der Waals surface area (Å²) in [5.41, 5.74) is 5.28. The first-order valence-electron chi connectivity index (χ1n) is 6.81. The number of hydrogen-bond donors (Lipinski definition) is 2. The summed E-state index contributed by atoms with van der Waals surface area (Å²) in [5, 5.41) is 2.32. The van der Waals surface area contributed by atoms with Crippen molar-refractivity contribution in [3.05, 3.63) is 76.5 Å². The number of fused-ring (bicyclic) bond motifs is 1. The zero-order valence-corrected chi connectivity index (χ0v) is 13.0. The standard InChI is InChI=1S/C17H16BrN3/c18-14-7-5-12(6-8-14)9-17(21-19)16-11-20-10-13-3-1-2-4-15(13)16/h1-8,10-11,17,21H,9,19H2. The van der Waals surface area contributed by atoms with E-state index in [1.54, 1.807) is 0 Å². The van der Waals surface area contributed by atoms with E-state index < -0.39 is 0 Å². The summed E-state index contributed by atoms with van der Waals surface area (Å²) in [7, 11) is 0. The molecular weight excluding hydrogens is 326 g/mol. The van der Waals surface area contributed by atoms with Gasteiger partial charge >= 0.3 is 0 Å². The third-order valence-electron chi connectivity index (χ3n) is 3.63. The van der Waals surface area contributed by atoms with E-state index >= 15 is 0 Å². The van der Waals surface area contributed by atoms with Gasteiger partial charge in [0.25, 0.3) is 0 Å². The Labute approximate surface area is 132 Å². The van der Waals surface area contributed by atoms with Crippen LogP contribution in [0.2, 0.25) is 0 Å². The monoisotopic (exact) mass is 341 g/mol. The molecule has 0 saturated heterocycles. The predicted octanol–water partition coefficient (Wildman–Crippen LogP) is 3.74. The normalized spacial score (nSPS) is 12.5. The van der Waals surface area contributed by atoms with Crippen molar-refractivity contribution in [1.29, 1.82) is 0 Å².